The zero-order valence-electron chi connectivity index (χ0n) is 14.7. The van der Waals surface area contributed by atoms with Crippen LogP contribution in [0.2, 0.25) is 0 Å². The maximum atomic E-state index is 11.5. The average molecular weight is 321 g/mol. The van der Waals surface area contributed by atoms with Crippen LogP contribution in [0.25, 0.3) is 0 Å². The zero-order valence-corrected chi connectivity index (χ0v) is 14.7. The maximum absolute atomic E-state index is 11.5. The largest absolute Gasteiger partial charge is 0.453 e. The molecule has 128 valence electrons. The van der Waals surface area contributed by atoms with Gasteiger partial charge in [-0.05, 0) is 19.4 Å². The van der Waals surface area contributed by atoms with Gasteiger partial charge >= 0.3 is 11.9 Å². The molecule has 0 aromatic heterocycles. The highest BCUT2D eigenvalue weighted by molar-refractivity contribution is 5.94. The van der Waals surface area contributed by atoms with E-state index in [1.807, 2.05) is 6.08 Å². The van der Waals surface area contributed by atoms with Crippen molar-refractivity contribution in [1.82, 2.24) is 20.2 Å². The predicted octanol–water partition coefficient (Wildman–Crippen LogP) is 1.42. The number of rotatable bonds is 10. The number of alkyl carbamates (subject to hydrolysis) is 1. The Morgan fingerprint density at radius 2 is 2.22 bits per heavy atom. The fraction of sp³-hybridized carbons (Fsp3) is 0.647. The van der Waals surface area contributed by atoms with E-state index < -0.39 is 0 Å². The van der Waals surface area contributed by atoms with E-state index in [0.717, 1.165) is 43.9 Å². The van der Waals surface area contributed by atoms with Crippen LogP contribution in [0.5, 0.6) is 0 Å². The summed E-state index contributed by atoms with van der Waals surface area (Å²) in [7, 11) is 1.38. The van der Waals surface area contributed by atoms with E-state index in [-0.39, 0.29) is 18.2 Å². The standard InChI is InChI=1S/C17H28N4O2/c1-6-10-14-11-18-16(19-14)15(8-3)21(9-4)12-13(7-2)20-17(22)23-5/h6,13,15H,1,7-10,12H2,2-5H3,(H,20,22)/p+1. The number of nitrogens with one attached hydrogen (secondary N) is 2. The second kappa shape index (κ2) is 9.90. The first-order valence-electron chi connectivity index (χ1n) is 8.25. The lowest BCUT2D eigenvalue weighted by molar-refractivity contribution is 0.157. The Labute approximate surface area is 139 Å². The van der Waals surface area contributed by atoms with Crippen molar-refractivity contribution in [2.45, 2.75) is 52.1 Å². The van der Waals surface area contributed by atoms with E-state index in [2.05, 4.69) is 53.4 Å². The number of allylic oxidation sites excluding steroid dienone is 1. The second-order valence-corrected chi connectivity index (χ2v) is 5.46. The van der Waals surface area contributed by atoms with E-state index in [4.69, 9.17) is 4.74 Å². The van der Waals surface area contributed by atoms with Crippen LogP contribution in [-0.2, 0) is 4.74 Å². The molecule has 1 rings (SSSR count). The first kappa shape index (κ1) is 19.0. The molecule has 6 nitrogen and oxygen atoms in total. The molecule has 0 saturated heterocycles. The van der Waals surface area contributed by atoms with Crippen molar-refractivity contribution >= 4 is 17.8 Å². The molecule has 0 radical (unpaired) electrons. The molecule has 0 aromatic carbocycles. The maximum Gasteiger partial charge on any atom is 0.407 e. The summed E-state index contributed by atoms with van der Waals surface area (Å²) in [5.74, 6) is 3.93. The monoisotopic (exact) mass is 321 g/mol. The van der Waals surface area contributed by atoms with Crippen LogP contribution < -0.4 is 15.3 Å². The molecule has 1 aliphatic heterocycles. The van der Waals surface area contributed by atoms with Gasteiger partial charge in [-0.1, -0.05) is 26.8 Å². The van der Waals surface area contributed by atoms with Gasteiger partial charge in [0.15, 0.2) is 0 Å². The minimum absolute atomic E-state index is 0.0445. The molecule has 1 amide bonds. The summed E-state index contributed by atoms with van der Waals surface area (Å²) in [6.07, 6.45) is 3.95. The van der Waals surface area contributed by atoms with Gasteiger partial charge in [0.05, 0.1) is 7.11 Å². The third kappa shape index (κ3) is 5.61. The summed E-state index contributed by atoms with van der Waals surface area (Å²) in [6.45, 7) is 11.7. The number of hydrogen-bond acceptors (Lipinski definition) is 4. The third-order valence-corrected chi connectivity index (χ3v) is 3.94. The van der Waals surface area contributed by atoms with Gasteiger partial charge in [0.25, 0.3) is 0 Å². The van der Waals surface area contributed by atoms with Gasteiger partial charge in [-0.2, -0.15) is 4.67 Å². The third-order valence-electron chi connectivity index (χ3n) is 3.94. The summed E-state index contributed by atoms with van der Waals surface area (Å²) in [4.78, 5) is 13.8. The highest BCUT2D eigenvalue weighted by atomic mass is 16.5. The highest BCUT2D eigenvalue weighted by Gasteiger charge is 2.32. The molecule has 1 heterocycles. The van der Waals surface area contributed by atoms with E-state index >= 15 is 0 Å². The Hall–Kier alpha value is -2.00. The number of likely N-dealkylation sites (N-methyl/N-ethyl adjacent to an activating group) is 1. The summed E-state index contributed by atoms with van der Waals surface area (Å²) in [6, 6.07) is 0.214. The number of amidine groups is 1. The van der Waals surface area contributed by atoms with Gasteiger partial charge in [0, 0.05) is 19.0 Å². The molecular formula is C17H29N4O2+. The predicted molar refractivity (Wildman–Crippen MR) is 94.6 cm³/mol. The number of methoxy groups -OCH3 is 1. The number of amides is 1. The number of carbonyl (C=O) groups is 1. The van der Waals surface area contributed by atoms with Crippen LogP contribution in [0.4, 0.5) is 4.79 Å². The number of nitrogens with zero attached hydrogens (tertiary/aromatic N) is 2. The van der Waals surface area contributed by atoms with Gasteiger partial charge < -0.3 is 10.1 Å². The highest BCUT2D eigenvalue weighted by Crippen LogP contribution is 2.09. The van der Waals surface area contributed by atoms with Crippen molar-refractivity contribution in [2.24, 2.45) is 0 Å². The molecule has 6 heteroatoms. The second-order valence-electron chi connectivity index (χ2n) is 5.46. The van der Waals surface area contributed by atoms with Gasteiger partial charge in [0.2, 0.25) is 11.6 Å². The van der Waals surface area contributed by atoms with Crippen molar-refractivity contribution in [2.75, 3.05) is 20.2 Å². The summed E-state index contributed by atoms with van der Waals surface area (Å²) in [5, 5.41) is 6.21. The first-order chi connectivity index (χ1) is 11.1. The quantitative estimate of drug-likeness (QED) is 0.472. The van der Waals surface area contributed by atoms with Crippen molar-refractivity contribution in [3.05, 3.63) is 18.4 Å². The molecule has 23 heavy (non-hydrogen) atoms. The van der Waals surface area contributed by atoms with Crippen molar-refractivity contribution in [3.8, 4) is 0 Å². The Balaban J connectivity index is 2.79. The number of hydrogen-bond donors (Lipinski definition) is 2. The molecule has 0 saturated carbocycles. The first-order valence-corrected chi connectivity index (χ1v) is 8.25. The van der Waals surface area contributed by atoms with Crippen LogP contribution in [0, 0.1) is 0 Å². The van der Waals surface area contributed by atoms with Gasteiger partial charge in [-0.25, -0.2) is 10.1 Å². The Kier molecular flexibility index (Phi) is 8.20. The van der Waals surface area contributed by atoms with E-state index in [9.17, 15) is 4.79 Å². The Bertz CT molecular complexity index is 517. The van der Waals surface area contributed by atoms with E-state index in [1.165, 1.54) is 7.11 Å². The van der Waals surface area contributed by atoms with Crippen LogP contribution in [0.3, 0.4) is 0 Å². The van der Waals surface area contributed by atoms with Crippen molar-refractivity contribution in [3.63, 3.8) is 0 Å². The lowest BCUT2D eigenvalue weighted by Crippen LogP contribution is -2.51. The molecule has 1 aliphatic rings. The summed E-state index contributed by atoms with van der Waals surface area (Å²) < 4.78 is 9.10. The summed E-state index contributed by atoms with van der Waals surface area (Å²) in [5.41, 5.74) is 0.948. The van der Waals surface area contributed by atoms with Gasteiger partial charge in [-0.15, -0.1) is 6.58 Å². The fourth-order valence-corrected chi connectivity index (χ4v) is 2.62. The summed E-state index contributed by atoms with van der Waals surface area (Å²) >= 11 is 0. The van der Waals surface area contributed by atoms with Crippen LogP contribution >= 0.6 is 0 Å². The smallest absolute Gasteiger partial charge is 0.407 e. The minimum atomic E-state index is -0.388. The van der Waals surface area contributed by atoms with Gasteiger partial charge in [0.1, 0.15) is 6.04 Å². The van der Waals surface area contributed by atoms with Crippen molar-refractivity contribution in [1.29, 1.82) is 0 Å². The number of carbonyl (C=O) groups excluding carboxylic acids is 1. The van der Waals surface area contributed by atoms with Crippen LogP contribution in [0.15, 0.2) is 18.4 Å². The normalized spacial score (nSPS) is 15.5. The molecule has 2 unspecified atom stereocenters. The zero-order chi connectivity index (χ0) is 17.2. The molecule has 0 fully saturated rings. The molecule has 0 aliphatic carbocycles. The Morgan fingerprint density at radius 1 is 1.48 bits per heavy atom. The molecule has 2 atom stereocenters. The van der Waals surface area contributed by atoms with E-state index in [1.54, 1.807) is 0 Å². The molecule has 2 N–H and O–H groups in total. The lowest BCUT2D eigenvalue weighted by atomic mass is 10.1. The lowest BCUT2D eigenvalue weighted by Gasteiger charge is -2.30. The van der Waals surface area contributed by atoms with Crippen LogP contribution in [-0.4, -0.2) is 55.0 Å². The molecule has 0 bridgehead atoms. The Morgan fingerprint density at radius 3 is 2.74 bits per heavy atom. The topological polar surface area (TPSA) is 67.7 Å². The fourth-order valence-electron chi connectivity index (χ4n) is 2.62. The van der Waals surface area contributed by atoms with E-state index in [0.29, 0.717) is 0 Å². The minimum Gasteiger partial charge on any atom is -0.453 e. The van der Waals surface area contributed by atoms with Gasteiger partial charge in [-0.3, -0.25) is 4.90 Å². The molecule has 0 aromatic rings. The number of ether oxygens (including phenoxy) is 1. The van der Waals surface area contributed by atoms with Crippen molar-refractivity contribution < 1.29 is 9.53 Å². The SMILES string of the molecule is C=CCC1=C=[N+]=C(C(CC)N(CC)CC(CC)NC(=O)OC)N1. The molecular weight excluding hydrogens is 292 g/mol. The molecule has 0 spiro atoms. The average Bonchev–Trinajstić information content (AvgIpc) is 3.01. The van der Waals surface area contributed by atoms with Crippen LogP contribution in [0.1, 0.15) is 40.0 Å².